The minimum atomic E-state index is -4.56. The molecule has 3 rings (SSSR count). The molecule has 0 atom stereocenters. The van der Waals surface area contributed by atoms with Gasteiger partial charge in [0.05, 0.1) is 12.2 Å². The Morgan fingerprint density at radius 1 is 1.18 bits per heavy atom. The average molecular weight is 485 g/mol. The van der Waals surface area contributed by atoms with Crippen LogP contribution in [-0.4, -0.2) is 28.8 Å². The Hall–Kier alpha value is -3.14. The van der Waals surface area contributed by atoms with Crippen molar-refractivity contribution < 1.29 is 41.3 Å². The number of aliphatic hydroxyl groups excluding tert-OH is 1. The van der Waals surface area contributed by atoms with E-state index in [9.17, 15) is 31.9 Å². The summed E-state index contributed by atoms with van der Waals surface area (Å²) in [5.41, 5.74) is -2.47. The summed E-state index contributed by atoms with van der Waals surface area (Å²) >= 11 is 0. The Balaban J connectivity index is 1.88. The number of aliphatic hydroxyl groups is 1. The Morgan fingerprint density at radius 3 is 2.35 bits per heavy atom. The number of fused-ring (bicyclic) bond motifs is 1. The van der Waals surface area contributed by atoms with Crippen LogP contribution < -0.4 is 14.8 Å². The Labute approximate surface area is 193 Å². The maximum atomic E-state index is 14.4. The first-order valence-corrected chi connectivity index (χ1v) is 10.3. The van der Waals surface area contributed by atoms with Gasteiger partial charge in [-0.2, -0.15) is 13.2 Å². The fraction of sp³-hybridized carbons (Fsp3) is 0.375. The summed E-state index contributed by atoms with van der Waals surface area (Å²) in [5.74, 6) is -3.61. The third-order valence-electron chi connectivity index (χ3n) is 4.99. The molecule has 5 nitrogen and oxygen atoms in total. The van der Waals surface area contributed by atoms with Crippen molar-refractivity contribution in [3.63, 3.8) is 0 Å². The molecule has 0 fully saturated rings. The number of anilines is 1. The van der Waals surface area contributed by atoms with Gasteiger partial charge < -0.3 is 19.9 Å². The zero-order chi connectivity index (χ0) is 25.5. The summed E-state index contributed by atoms with van der Waals surface area (Å²) in [4.78, 5) is 12.6. The summed E-state index contributed by atoms with van der Waals surface area (Å²) in [6.45, 7) is 5.74. The zero-order valence-electron chi connectivity index (χ0n) is 18.9. The second kappa shape index (κ2) is 8.90. The summed E-state index contributed by atoms with van der Waals surface area (Å²) in [5, 5.41) is 11.6. The molecular formula is C24H24F5NO4. The van der Waals surface area contributed by atoms with E-state index in [-0.39, 0.29) is 17.9 Å². The van der Waals surface area contributed by atoms with Crippen LogP contribution in [-0.2, 0) is 11.0 Å². The molecule has 0 saturated heterocycles. The average Bonchev–Trinajstić information content (AvgIpc) is 2.68. The predicted octanol–water partition coefficient (Wildman–Crippen LogP) is 5.72. The van der Waals surface area contributed by atoms with Gasteiger partial charge in [-0.25, -0.2) is 8.78 Å². The highest BCUT2D eigenvalue weighted by Gasteiger charge is 2.35. The lowest BCUT2D eigenvalue weighted by atomic mass is 9.88. The topological polar surface area (TPSA) is 67.8 Å². The van der Waals surface area contributed by atoms with Gasteiger partial charge in [-0.05, 0) is 45.4 Å². The molecule has 10 heteroatoms. The second-order valence-corrected chi connectivity index (χ2v) is 9.19. The highest BCUT2D eigenvalue weighted by Crippen LogP contribution is 2.43. The van der Waals surface area contributed by atoms with Crippen LogP contribution in [0, 0.1) is 11.6 Å². The number of carbonyl (C=O) groups is 1. The summed E-state index contributed by atoms with van der Waals surface area (Å²) < 4.78 is 78.9. The monoisotopic (exact) mass is 485 g/mol. The van der Waals surface area contributed by atoms with Crippen LogP contribution in [0.4, 0.5) is 27.6 Å². The molecule has 0 unspecified atom stereocenters. The van der Waals surface area contributed by atoms with Crippen molar-refractivity contribution in [2.24, 2.45) is 0 Å². The fourth-order valence-electron chi connectivity index (χ4n) is 3.44. The normalized spacial score (nSPS) is 16.6. The number of amides is 1. The van der Waals surface area contributed by atoms with Crippen LogP contribution in [0.2, 0.25) is 0 Å². The SMILES string of the molecule is CC1(C)C/C(=C\C(=O)Nc2cc(F)c(OC(C)(C)CO)c(F)c2)c2ccc(C(F)(F)F)cc2O1. The quantitative estimate of drug-likeness (QED) is 0.420. The van der Waals surface area contributed by atoms with E-state index in [0.29, 0.717) is 11.1 Å². The molecule has 0 bridgehead atoms. The Morgan fingerprint density at radius 2 is 1.79 bits per heavy atom. The standard InChI is InChI=1S/C24H24F5NO4/c1-22(2)11-13(16-6-5-14(24(27,28)29)8-19(16)33-22)7-20(32)30-15-9-17(25)21(18(26)10-15)34-23(3,4)12-31/h5-10,31H,11-12H2,1-4H3,(H,30,32)/b13-7+. The summed E-state index contributed by atoms with van der Waals surface area (Å²) in [6.07, 6.45) is -3.19. The Kier molecular flexibility index (Phi) is 6.67. The predicted molar refractivity (Wildman–Crippen MR) is 116 cm³/mol. The number of carbonyl (C=O) groups excluding carboxylic acids is 1. The zero-order valence-corrected chi connectivity index (χ0v) is 18.9. The van der Waals surface area contributed by atoms with Crippen LogP contribution in [0.1, 0.15) is 45.2 Å². The molecule has 0 aliphatic carbocycles. The number of nitrogens with one attached hydrogen (secondary N) is 1. The molecule has 0 spiro atoms. The van der Waals surface area contributed by atoms with Gasteiger partial charge in [-0.1, -0.05) is 6.07 Å². The highest BCUT2D eigenvalue weighted by atomic mass is 19.4. The van der Waals surface area contributed by atoms with Gasteiger partial charge >= 0.3 is 6.18 Å². The van der Waals surface area contributed by atoms with Gasteiger partial charge in [0.2, 0.25) is 5.91 Å². The first kappa shape index (κ1) is 25.5. The molecule has 0 radical (unpaired) electrons. The molecule has 0 aromatic heterocycles. The molecule has 1 aliphatic heterocycles. The largest absolute Gasteiger partial charge is 0.487 e. The van der Waals surface area contributed by atoms with E-state index in [2.05, 4.69) is 5.32 Å². The molecular weight excluding hydrogens is 461 g/mol. The molecule has 2 N–H and O–H groups in total. The number of halogens is 5. The number of hydrogen-bond acceptors (Lipinski definition) is 4. The van der Waals surface area contributed by atoms with Crippen molar-refractivity contribution in [3.05, 3.63) is 59.2 Å². The van der Waals surface area contributed by atoms with Gasteiger partial charge in [0.25, 0.3) is 0 Å². The Bertz CT molecular complexity index is 1120. The summed E-state index contributed by atoms with van der Waals surface area (Å²) in [7, 11) is 0. The molecule has 2 aromatic rings. The van der Waals surface area contributed by atoms with Gasteiger partial charge in [-0.15, -0.1) is 0 Å². The van der Waals surface area contributed by atoms with Gasteiger partial charge in [0, 0.05) is 35.9 Å². The van der Waals surface area contributed by atoms with Crippen molar-refractivity contribution in [1.29, 1.82) is 0 Å². The van der Waals surface area contributed by atoms with Crippen LogP contribution in [0.25, 0.3) is 5.57 Å². The number of benzene rings is 2. The molecule has 2 aromatic carbocycles. The van der Waals surface area contributed by atoms with Crippen LogP contribution >= 0.6 is 0 Å². The third kappa shape index (κ3) is 5.85. The van der Waals surface area contributed by atoms with Crippen molar-refractivity contribution in [2.75, 3.05) is 11.9 Å². The highest BCUT2D eigenvalue weighted by molar-refractivity contribution is 6.04. The van der Waals surface area contributed by atoms with E-state index in [1.54, 1.807) is 13.8 Å². The van der Waals surface area contributed by atoms with Gasteiger partial charge in [-0.3, -0.25) is 4.79 Å². The first-order valence-electron chi connectivity index (χ1n) is 10.3. The molecule has 1 amide bonds. The van der Waals surface area contributed by atoms with Gasteiger partial charge in [0.1, 0.15) is 17.0 Å². The van der Waals surface area contributed by atoms with E-state index < -0.39 is 52.8 Å². The van der Waals surface area contributed by atoms with Crippen LogP contribution in [0.3, 0.4) is 0 Å². The summed E-state index contributed by atoms with van der Waals surface area (Å²) in [6, 6.07) is 4.71. The lowest BCUT2D eigenvalue weighted by Crippen LogP contribution is -2.33. The number of alkyl halides is 3. The number of ether oxygens (including phenoxy) is 2. The first-order chi connectivity index (χ1) is 15.6. The molecule has 184 valence electrons. The van der Waals surface area contributed by atoms with E-state index in [1.165, 1.54) is 19.9 Å². The van der Waals surface area contributed by atoms with Crippen molar-refractivity contribution in [3.8, 4) is 11.5 Å². The van der Waals surface area contributed by atoms with Crippen molar-refractivity contribution >= 4 is 17.2 Å². The second-order valence-electron chi connectivity index (χ2n) is 9.19. The molecule has 1 heterocycles. The van der Waals surface area contributed by atoms with Crippen molar-refractivity contribution in [1.82, 2.24) is 0 Å². The fourth-order valence-corrected chi connectivity index (χ4v) is 3.44. The lowest BCUT2D eigenvalue weighted by molar-refractivity contribution is -0.137. The maximum Gasteiger partial charge on any atom is 0.416 e. The maximum absolute atomic E-state index is 14.4. The molecule has 0 saturated carbocycles. The van der Waals surface area contributed by atoms with Crippen LogP contribution in [0.15, 0.2) is 36.4 Å². The smallest absolute Gasteiger partial charge is 0.416 e. The molecule has 1 aliphatic rings. The minimum Gasteiger partial charge on any atom is -0.487 e. The van der Waals surface area contributed by atoms with Crippen LogP contribution in [0.5, 0.6) is 11.5 Å². The molecule has 34 heavy (non-hydrogen) atoms. The minimum absolute atomic E-state index is 0.0183. The van der Waals surface area contributed by atoms with E-state index in [1.807, 2.05) is 0 Å². The number of rotatable bonds is 5. The third-order valence-corrected chi connectivity index (χ3v) is 4.99. The van der Waals surface area contributed by atoms with Gasteiger partial charge in [0.15, 0.2) is 17.4 Å². The van der Waals surface area contributed by atoms with E-state index in [4.69, 9.17) is 9.47 Å². The van der Waals surface area contributed by atoms with Crippen molar-refractivity contribution in [2.45, 2.75) is 51.5 Å². The van der Waals surface area contributed by atoms with E-state index in [0.717, 1.165) is 30.3 Å². The number of hydrogen-bond donors (Lipinski definition) is 2. The lowest BCUT2D eigenvalue weighted by Gasteiger charge is -2.34. The van der Waals surface area contributed by atoms with E-state index >= 15 is 0 Å².